The molecule has 1 aliphatic carbocycles. The van der Waals surface area contributed by atoms with Crippen LogP contribution in [0.1, 0.15) is 43.4 Å². The molecular weight excluding hydrogens is 288 g/mol. The summed E-state index contributed by atoms with van der Waals surface area (Å²) >= 11 is 7.70. The Hall–Kier alpha value is -0.0900. The van der Waals surface area contributed by atoms with Crippen LogP contribution in [0.3, 0.4) is 0 Å². The van der Waals surface area contributed by atoms with Crippen molar-refractivity contribution in [2.75, 3.05) is 13.6 Å². The van der Waals surface area contributed by atoms with E-state index in [0.717, 1.165) is 29.4 Å². The van der Waals surface area contributed by atoms with E-state index in [1.54, 1.807) is 11.3 Å². The van der Waals surface area contributed by atoms with Crippen LogP contribution < -0.4 is 5.32 Å². The summed E-state index contributed by atoms with van der Waals surface area (Å²) in [5, 5.41) is 3.91. The van der Waals surface area contributed by atoms with Gasteiger partial charge >= 0.3 is 0 Å². The fourth-order valence-electron chi connectivity index (χ4n) is 3.86. The van der Waals surface area contributed by atoms with E-state index in [2.05, 4.69) is 23.3 Å². The van der Waals surface area contributed by atoms with E-state index in [1.165, 1.54) is 43.4 Å². The van der Waals surface area contributed by atoms with E-state index in [-0.39, 0.29) is 0 Å². The number of thiophene rings is 1. The van der Waals surface area contributed by atoms with Gasteiger partial charge in [-0.05, 0) is 50.8 Å². The summed E-state index contributed by atoms with van der Waals surface area (Å²) in [6.07, 6.45) is 8.49. The number of fused-ring (bicyclic) bond motifs is 1. The van der Waals surface area contributed by atoms with Crippen LogP contribution in [-0.4, -0.2) is 30.6 Å². The molecule has 1 saturated carbocycles. The van der Waals surface area contributed by atoms with E-state index in [4.69, 9.17) is 11.6 Å². The number of halogens is 1. The Kier molecular flexibility index (Phi) is 5.03. The van der Waals surface area contributed by atoms with Gasteiger partial charge in [0, 0.05) is 30.1 Å². The largest absolute Gasteiger partial charge is 0.310 e. The first kappa shape index (κ1) is 14.8. The molecule has 0 radical (unpaired) electrons. The maximum Gasteiger partial charge on any atom is 0.0931 e. The highest BCUT2D eigenvalue weighted by Gasteiger charge is 2.31. The van der Waals surface area contributed by atoms with Crippen molar-refractivity contribution in [3.63, 3.8) is 0 Å². The van der Waals surface area contributed by atoms with Crippen molar-refractivity contribution >= 4 is 22.9 Å². The molecule has 2 aliphatic rings. The summed E-state index contributed by atoms with van der Waals surface area (Å²) in [5.41, 5.74) is 0. The van der Waals surface area contributed by atoms with Gasteiger partial charge in [0.05, 0.1) is 4.34 Å². The van der Waals surface area contributed by atoms with Crippen LogP contribution in [0, 0.1) is 5.92 Å². The summed E-state index contributed by atoms with van der Waals surface area (Å²) in [4.78, 5) is 3.80. The van der Waals surface area contributed by atoms with E-state index in [9.17, 15) is 0 Å². The van der Waals surface area contributed by atoms with Crippen molar-refractivity contribution in [3.8, 4) is 0 Å². The first-order valence-electron chi connectivity index (χ1n) is 7.89. The molecular formula is C16H25ClN2S. The van der Waals surface area contributed by atoms with Gasteiger partial charge in [0.2, 0.25) is 0 Å². The molecule has 2 nitrogen and oxygen atoms in total. The van der Waals surface area contributed by atoms with E-state index >= 15 is 0 Å². The van der Waals surface area contributed by atoms with Crippen molar-refractivity contribution in [1.29, 1.82) is 0 Å². The molecule has 3 unspecified atom stereocenters. The van der Waals surface area contributed by atoms with Crippen LogP contribution in [0.2, 0.25) is 4.34 Å². The number of likely N-dealkylation sites (N-methyl/N-ethyl adjacent to an activating group) is 1. The molecule has 1 aliphatic heterocycles. The number of hydrogen-bond acceptors (Lipinski definition) is 3. The van der Waals surface area contributed by atoms with Crippen molar-refractivity contribution in [2.45, 2.75) is 57.2 Å². The minimum absolute atomic E-state index is 0.676. The van der Waals surface area contributed by atoms with E-state index in [1.807, 2.05) is 6.07 Å². The number of nitrogens with zero attached hydrogens (tertiary/aromatic N) is 1. The normalized spacial score (nSPS) is 30.4. The van der Waals surface area contributed by atoms with Crippen LogP contribution in [0.5, 0.6) is 0 Å². The van der Waals surface area contributed by atoms with Gasteiger partial charge in [-0.1, -0.05) is 24.4 Å². The molecule has 0 aromatic carbocycles. The summed E-state index contributed by atoms with van der Waals surface area (Å²) in [6.45, 7) is 2.17. The molecule has 2 fully saturated rings. The second-order valence-corrected chi connectivity index (χ2v) is 8.29. The summed E-state index contributed by atoms with van der Waals surface area (Å²) in [6, 6.07) is 5.62. The molecule has 2 heterocycles. The van der Waals surface area contributed by atoms with Gasteiger partial charge in [-0.15, -0.1) is 11.3 Å². The monoisotopic (exact) mass is 312 g/mol. The Balaban J connectivity index is 1.48. The van der Waals surface area contributed by atoms with Gasteiger partial charge in [-0.25, -0.2) is 0 Å². The first-order chi connectivity index (χ1) is 9.70. The number of rotatable bonds is 4. The molecule has 0 spiro atoms. The number of hydrogen-bond donors (Lipinski definition) is 1. The predicted molar refractivity (Wildman–Crippen MR) is 87.6 cm³/mol. The Morgan fingerprint density at radius 2 is 2.10 bits per heavy atom. The van der Waals surface area contributed by atoms with Crippen LogP contribution in [0.25, 0.3) is 0 Å². The molecule has 3 atom stereocenters. The fourth-order valence-corrected chi connectivity index (χ4v) is 5.03. The topological polar surface area (TPSA) is 15.3 Å². The zero-order valence-electron chi connectivity index (χ0n) is 12.3. The third kappa shape index (κ3) is 3.76. The van der Waals surface area contributed by atoms with Gasteiger partial charge < -0.3 is 5.32 Å². The van der Waals surface area contributed by atoms with Crippen molar-refractivity contribution in [1.82, 2.24) is 10.2 Å². The lowest BCUT2D eigenvalue weighted by Gasteiger charge is -2.41. The van der Waals surface area contributed by atoms with Crippen LogP contribution in [0.15, 0.2) is 12.1 Å². The highest BCUT2D eigenvalue weighted by Crippen LogP contribution is 2.32. The SMILES string of the molecule is CN(Cc1ccc(Cl)s1)CC1CCC2CCCCC2N1. The quantitative estimate of drug-likeness (QED) is 0.898. The van der Waals surface area contributed by atoms with Crippen molar-refractivity contribution in [3.05, 3.63) is 21.3 Å². The zero-order chi connectivity index (χ0) is 13.9. The first-order valence-corrected chi connectivity index (χ1v) is 9.09. The Labute approximate surface area is 131 Å². The molecule has 1 aromatic rings. The molecule has 20 heavy (non-hydrogen) atoms. The van der Waals surface area contributed by atoms with Crippen LogP contribution in [0.4, 0.5) is 0 Å². The molecule has 1 N–H and O–H groups in total. The predicted octanol–water partition coefficient (Wildman–Crippen LogP) is 4.14. The number of nitrogens with one attached hydrogen (secondary N) is 1. The van der Waals surface area contributed by atoms with Crippen LogP contribution >= 0.6 is 22.9 Å². The lowest BCUT2D eigenvalue weighted by molar-refractivity contribution is 0.151. The lowest BCUT2D eigenvalue weighted by Crippen LogP contribution is -2.52. The highest BCUT2D eigenvalue weighted by molar-refractivity contribution is 7.16. The zero-order valence-corrected chi connectivity index (χ0v) is 13.8. The third-order valence-electron chi connectivity index (χ3n) is 4.83. The van der Waals surface area contributed by atoms with Crippen molar-refractivity contribution in [2.24, 2.45) is 5.92 Å². The van der Waals surface area contributed by atoms with E-state index < -0.39 is 0 Å². The second kappa shape index (κ2) is 6.78. The summed E-state index contributed by atoms with van der Waals surface area (Å²) in [5.74, 6) is 0.960. The standard InChI is InChI=1S/C16H25ClN2S/c1-19(11-14-8-9-16(17)20-14)10-13-7-6-12-4-2-3-5-15(12)18-13/h8-9,12-13,15,18H,2-7,10-11H2,1H3. The molecule has 112 valence electrons. The average molecular weight is 313 g/mol. The van der Waals surface area contributed by atoms with Gasteiger partial charge in [0.1, 0.15) is 0 Å². The van der Waals surface area contributed by atoms with E-state index in [0.29, 0.717) is 6.04 Å². The maximum absolute atomic E-state index is 6.00. The average Bonchev–Trinajstić information content (AvgIpc) is 2.83. The van der Waals surface area contributed by atoms with Crippen molar-refractivity contribution < 1.29 is 0 Å². The molecule has 0 bridgehead atoms. The Morgan fingerprint density at radius 3 is 2.90 bits per heavy atom. The molecule has 0 amide bonds. The molecule has 1 aromatic heterocycles. The molecule has 4 heteroatoms. The highest BCUT2D eigenvalue weighted by atomic mass is 35.5. The van der Waals surface area contributed by atoms with Gasteiger partial charge in [0.25, 0.3) is 0 Å². The fraction of sp³-hybridized carbons (Fsp3) is 0.750. The smallest absolute Gasteiger partial charge is 0.0931 e. The number of piperidine rings is 1. The van der Waals surface area contributed by atoms with Gasteiger partial charge in [0.15, 0.2) is 0 Å². The molecule has 1 saturated heterocycles. The maximum atomic E-state index is 6.00. The molecule has 3 rings (SSSR count). The Bertz CT molecular complexity index is 434. The second-order valence-electron chi connectivity index (χ2n) is 6.49. The summed E-state index contributed by atoms with van der Waals surface area (Å²) < 4.78 is 0.897. The Morgan fingerprint density at radius 1 is 1.25 bits per heavy atom. The lowest BCUT2D eigenvalue weighted by atomic mass is 9.78. The summed E-state index contributed by atoms with van der Waals surface area (Å²) in [7, 11) is 2.22. The minimum atomic E-state index is 0.676. The third-order valence-corrected chi connectivity index (χ3v) is 6.05. The minimum Gasteiger partial charge on any atom is -0.310 e. The van der Waals surface area contributed by atoms with Crippen LogP contribution in [-0.2, 0) is 6.54 Å². The van der Waals surface area contributed by atoms with Gasteiger partial charge in [-0.2, -0.15) is 0 Å². The van der Waals surface area contributed by atoms with Gasteiger partial charge in [-0.3, -0.25) is 4.90 Å².